The average molecular weight is 503 g/mol. The molecule has 4 aliphatic rings. The maximum absolute atomic E-state index is 13.9. The zero-order valence-corrected chi connectivity index (χ0v) is 21.1. The number of fused-ring (bicyclic) bond motifs is 5. The van der Waals surface area contributed by atoms with Gasteiger partial charge >= 0.3 is 5.69 Å². The largest absolute Gasteiger partial charge is 0.351 e. The van der Waals surface area contributed by atoms with E-state index in [-0.39, 0.29) is 17.4 Å². The van der Waals surface area contributed by atoms with Crippen molar-refractivity contribution in [3.05, 3.63) is 61.7 Å². The summed E-state index contributed by atoms with van der Waals surface area (Å²) in [4.78, 5) is 47.5. The van der Waals surface area contributed by atoms with E-state index in [9.17, 15) is 14.4 Å². The Morgan fingerprint density at radius 1 is 0.784 bits per heavy atom. The van der Waals surface area contributed by atoms with E-state index < -0.39 is 11.2 Å². The number of aromatic nitrogens is 5. The van der Waals surface area contributed by atoms with E-state index in [2.05, 4.69) is 20.0 Å². The third kappa shape index (κ3) is 3.98. The Balaban J connectivity index is 1.25. The molecule has 3 aromatic rings. The fourth-order valence-corrected chi connectivity index (χ4v) is 8.25. The molecule has 4 fully saturated rings. The van der Waals surface area contributed by atoms with Crippen molar-refractivity contribution in [2.75, 3.05) is 0 Å². The first-order valence-corrected chi connectivity index (χ1v) is 14.0. The monoisotopic (exact) mass is 502 g/mol. The normalized spacial score (nSPS) is 31.9. The van der Waals surface area contributed by atoms with E-state index in [1.54, 1.807) is 0 Å². The first-order valence-electron chi connectivity index (χ1n) is 14.0. The second-order valence-corrected chi connectivity index (χ2v) is 11.8. The molecule has 194 valence electrons. The third-order valence-electron chi connectivity index (χ3n) is 9.60. The van der Waals surface area contributed by atoms with E-state index in [1.165, 1.54) is 57.8 Å². The van der Waals surface area contributed by atoms with Crippen LogP contribution in [-0.2, 0) is 0 Å². The summed E-state index contributed by atoms with van der Waals surface area (Å²) in [6.07, 6.45) is 15.0. The summed E-state index contributed by atoms with van der Waals surface area (Å²) in [5.41, 5.74) is -0.262. The van der Waals surface area contributed by atoms with Crippen LogP contribution in [0.2, 0.25) is 0 Å². The number of nitrogens with zero attached hydrogens (tertiary/aromatic N) is 5. The number of para-hydroxylation sites is 2. The van der Waals surface area contributed by atoms with Gasteiger partial charge in [0.05, 0.1) is 11.0 Å². The number of H-pyrrole nitrogens is 1. The standard InChI is InChI=1S/C28H34N6O3/c35-25-16-29-34(28(37)31-25)26-27(36)33(24-8-4-3-7-23(24)30-26)22-14-19-9-10-20(15-22)32(19)21-12-17-5-1-2-6-18(11-17)13-21/h3-4,7-8,16-22H,1-2,5-6,9-15H2,(H,31,35,37)/t17-,18-,19+,20+/m0/s1. The van der Waals surface area contributed by atoms with Gasteiger partial charge < -0.3 is 4.57 Å². The molecule has 1 aromatic carbocycles. The number of hydrogen-bond acceptors (Lipinski definition) is 6. The summed E-state index contributed by atoms with van der Waals surface area (Å²) >= 11 is 0. The van der Waals surface area contributed by atoms with Gasteiger partial charge in [-0.2, -0.15) is 9.78 Å². The van der Waals surface area contributed by atoms with Gasteiger partial charge in [0.25, 0.3) is 11.1 Å². The molecule has 0 amide bonds. The van der Waals surface area contributed by atoms with Gasteiger partial charge in [0.2, 0.25) is 5.82 Å². The van der Waals surface area contributed by atoms with Crippen LogP contribution < -0.4 is 16.8 Å². The maximum atomic E-state index is 13.9. The molecule has 4 bridgehead atoms. The Kier molecular flexibility index (Phi) is 5.64. The number of benzene rings is 1. The van der Waals surface area contributed by atoms with E-state index in [1.807, 2.05) is 28.8 Å². The number of piperidine rings is 1. The molecule has 4 heterocycles. The fraction of sp³-hybridized carbons (Fsp3) is 0.607. The molecule has 37 heavy (non-hydrogen) atoms. The molecule has 0 radical (unpaired) electrons. The van der Waals surface area contributed by atoms with Gasteiger partial charge in [-0.1, -0.05) is 37.8 Å². The van der Waals surface area contributed by atoms with E-state index in [0.29, 0.717) is 23.6 Å². The fourth-order valence-electron chi connectivity index (χ4n) is 8.25. The van der Waals surface area contributed by atoms with E-state index in [4.69, 9.17) is 0 Å². The molecule has 2 aliphatic carbocycles. The highest BCUT2D eigenvalue weighted by Gasteiger charge is 2.47. The molecular formula is C28H34N6O3. The molecular weight excluding hydrogens is 468 g/mol. The predicted octanol–water partition coefficient (Wildman–Crippen LogP) is 3.16. The summed E-state index contributed by atoms with van der Waals surface area (Å²) in [6.45, 7) is 0. The Morgan fingerprint density at radius 2 is 1.49 bits per heavy atom. The van der Waals surface area contributed by atoms with Crippen molar-refractivity contribution in [2.45, 2.75) is 94.8 Å². The zero-order valence-electron chi connectivity index (χ0n) is 21.1. The number of aromatic amines is 1. The summed E-state index contributed by atoms with van der Waals surface area (Å²) < 4.78 is 2.78. The second-order valence-electron chi connectivity index (χ2n) is 11.8. The topological polar surface area (TPSA) is 106 Å². The Hall–Kier alpha value is -3.07. The van der Waals surface area contributed by atoms with Gasteiger partial charge in [0.1, 0.15) is 6.20 Å². The van der Waals surface area contributed by atoms with Crippen LogP contribution in [0.4, 0.5) is 0 Å². The molecule has 9 nitrogen and oxygen atoms in total. The van der Waals surface area contributed by atoms with Gasteiger partial charge in [0, 0.05) is 24.2 Å². The number of hydrogen-bond donors (Lipinski definition) is 1. The maximum Gasteiger partial charge on any atom is 0.351 e. The van der Waals surface area contributed by atoms with Gasteiger partial charge in [-0.25, -0.2) is 9.78 Å². The van der Waals surface area contributed by atoms with Gasteiger partial charge in [0.15, 0.2) is 0 Å². The smallest absolute Gasteiger partial charge is 0.300 e. The molecule has 0 spiro atoms. The van der Waals surface area contributed by atoms with Crippen molar-refractivity contribution < 1.29 is 0 Å². The first kappa shape index (κ1) is 23.1. The Bertz CT molecular complexity index is 1480. The van der Waals surface area contributed by atoms with E-state index >= 15 is 0 Å². The van der Waals surface area contributed by atoms with Crippen molar-refractivity contribution in [2.24, 2.45) is 11.8 Å². The minimum Gasteiger partial charge on any atom is -0.300 e. The van der Waals surface area contributed by atoms with Crippen LogP contribution in [0, 0.1) is 11.8 Å². The quantitative estimate of drug-likeness (QED) is 0.590. The lowest BCUT2D eigenvalue weighted by Crippen LogP contribution is -2.52. The SMILES string of the molecule is O=c1cnn(-c2nc3ccccc3n(C3C[C@H]4CC[C@H](C3)N4C3C[C@H]4CCCC[C@H](C3)C4)c2=O)c(=O)[nH]1. The molecule has 2 aliphatic heterocycles. The van der Waals surface area contributed by atoms with Crippen LogP contribution in [-0.4, -0.2) is 47.3 Å². The number of rotatable bonds is 3. The highest BCUT2D eigenvalue weighted by molar-refractivity contribution is 5.75. The molecule has 4 atom stereocenters. The molecule has 0 unspecified atom stereocenters. The van der Waals surface area contributed by atoms with Crippen LogP contribution in [0.5, 0.6) is 0 Å². The van der Waals surface area contributed by atoms with Crippen molar-refractivity contribution in [1.29, 1.82) is 0 Å². The molecule has 2 aromatic heterocycles. The summed E-state index contributed by atoms with van der Waals surface area (Å²) in [7, 11) is 0. The number of nitrogens with one attached hydrogen (secondary N) is 1. The Labute approximate surface area is 214 Å². The highest BCUT2D eigenvalue weighted by atomic mass is 16.2. The highest BCUT2D eigenvalue weighted by Crippen LogP contribution is 2.47. The summed E-state index contributed by atoms with van der Waals surface area (Å²) in [5.74, 6) is 1.72. The third-order valence-corrected chi connectivity index (χ3v) is 9.60. The van der Waals surface area contributed by atoms with Crippen LogP contribution in [0.3, 0.4) is 0 Å². The lowest BCUT2D eigenvalue weighted by atomic mass is 9.76. The van der Waals surface area contributed by atoms with Gasteiger partial charge in [-0.3, -0.25) is 19.5 Å². The van der Waals surface area contributed by atoms with Crippen LogP contribution in [0.1, 0.15) is 76.7 Å². The molecule has 1 N–H and O–H groups in total. The zero-order chi connectivity index (χ0) is 25.1. The average Bonchev–Trinajstić information content (AvgIpc) is 3.04. The van der Waals surface area contributed by atoms with Crippen LogP contribution in [0.15, 0.2) is 44.8 Å². The lowest BCUT2D eigenvalue weighted by Gasteiger charge is -2.48. The molecule has 2 saturated carbocycles. The van der Waals surface area contributed by atoms with E-state index in [0.717, 1.165) is 41.1 Å². The summed E-state index contributed by atoms with van der Waals surface area (Å²) in [6, 6.07) is 9.32. The minimum absolute atomic E-state index is 0.0391. The van der Waals surface area contributed by atoms with Crippen molar-refractivity contribution >= 4 is 11.0 Å². The van der Waals surface area contributed by atoms with Gasteiger partial charge in [-0.05, 0) is 68.9 Å². The molecule has 7 rings (SSSR count). The predicted molar refractivity (Wildman–Crippen MR) is 140 cm³/mol. The first-order chi connectivity index (χ1) is 18.0. The molecule has 9 heteroatoms. The second kappa shape index (κ2) is 9.04. The minimum atomic E-state index is -0.757. The van der Waals surface area contributed by atoms with Crippen molar-refractivity contribution in [1.82, 2.24) is 29.2 Å². The van der Waals surface area contributed by atoms with Crippen molar-refractivity contribution in [3.63, 3.8) is 0 Å². The van der Waals surface area contributed by atoms with Crippen LogP contribution >= 0.6 is 0 Å². The van der Waals surface area contributed by atoms with Gasteiger partial charge in [-0.15, -0.1) is 0 Å². The molecule has 2 saturated heterocycles. The van der Waals surface area contributed by atoms with Crippen molar-refractivity contribution in [3.8, 4) is 5.82 Å². The lowest BCUT2D eigenvalue weighted by molar-refractivity contribution is 0.0204. The Morgan fingerprint density at radius 3 is 2.19 bits per heavy atom. The summed E-state index contributed by atoms with van der Waals surface area (Å²) in [5, 5.41) is 3.93. The van der Waals surface area contributed by atoms with Crippen LogP contribution in [0.25, 0.3) is 16.9 Å².